The van der Waals surface area contributed by atoms with Gasteiger partial charge in [-0.2, -0.15) is 5.26 Å². The molecule has 3 aromatic rings. The van der Waals surface area contributed by atoms with Crippen LogP contribution in [-0.4, -0.2) is 9.55 Å². The third kappa shape index (κ3) is 2.42. The molecule has 0 unspecified atom stereocenters. The molecule has 106 valence electrons. The van der Waals surface area contributed by atoms with Crippen LogP contribution in [0, 0.1) is 11.3 Å². The molecule has 0 N–H and O–H groups in total. The van der Waals surface area contributed by atoms with Crippen LogP contribution >= 0.6 is 34.5 Å². The molecule has 0 saturated heterocycles. The Balaban J connectivity index is 2.34. The SMILES string of the molecule is CC(C)n1c(-c2cc(Cl)sc2Cl)nc2cc(C#N)ccc21. The molecule has 0 amide bonds. The second kappa shape index (κ2) is 5.34. The monoisotopic (exact) mass is 335 g/mol. The molecular formula is C15H11Cl2N3S. The summed E-state index contributed by atoms with van der Waals surface area (Å²) in [5.74, 6) is 0.781. The van der Waals surface area contributed by atoms with Gasteiger partial charge in [-0.1, -0.05) is 23.2 Å². The molecule has 0 saturated carbocycles. The van der Waals surface area contributed by atoms with Gasteiger partial charge in [0.05, 0.1) is 27.0 Å². The number of imidazole rings is 1. The first-order chi connectivity index (χ1) is 10.0. The first-order valence-corrected chi connectivity index (χ1v) is 7.95. The van der Waals surface area contributed by atoms with E-state index in [0.29, 0.717) is 14.2 Å². The van der Waals surface area contributed by atoms with Gasteiger partial charge in [-0.3, -0.25) is 0 Å². The highest BCUT2D eigenvalue weighted by molar-refractivity contribution is 7.20. The van der Waals surface area contributed by atoms with Gasteiger partial charge < -0.3 is 4.57 Å². The maximum absolute atomic E-state index is 9.03. The lowest BCUT2D eigenvalue weighted by molar-refractivity contribution is 0.624. The Labute approximate surface area is 136 Å². The number of benzene rings is 1. The van der Waals surface area contributed by atoms with Crippen LogP contribution in [0.25, 0.3) is 22.4 Å². The van der Waals surface area contributed by atoms with Gasteiger partial charge in [0.2, 0.25) is 0 Å². The molecule has 0 spiro atoms. The Bertz CT molecular complexity index is 871. The molecule has 3 rings (SSSR count). The molecule has 6 heteroatoms. The summed E-state index contributed by atoms with van der Waals surface area (Å²) in [6, 6.07) is 9.70. The maximum Gasteiger partial charge on any atom is 0.143 e. The van der Waals surface area contributed by atoms with Crippen LogP contribution in [0.15, 0.2) is 24.3 Å². The molecule has 21 heavy (non-hydrogen) atoms. The fourth-order valence-corrected chi connectivity index (χ4v) is 3.83. The van der Waals surface area contributed by atoms with E-state index in [4.69, 9.17) is 28.5 Å². The molecule has 0 fully saturated rings. The Morgan fingerprint density at radius 2 is 2.05 bits per heavy atom. The van der Waals surface area contributed by atoms with Gasteiger partial charge in [0.25, 0.3) is 0 Å². The van der Waals surface area contributed by atoms with Crippen LogP contribution in [0.1, 0.15) is 25.5 Å². The van der Waals surface area contributed by atoms with E-state index < -0.39 is 0 Å². The third-order valence-corrected chi connectivity index (χ3v) is 4.72. The average Bonchev–Trinajstić information content (AvgIpc) is 2.97. The minimum Gasteiger partial charge on any atom is -0.321 e. The highest BCUT2D eigenvalue weighted by atomic mass is 35.5. The van der Waals surface area contributed by atoms with Gasteiger partial charge in [0, 0.05) is 11.6 Å². The van der Waals surface area contributed by atoms with Crippen LogP contribution < -0.4 is 0 Å². The zero-order chi connectivity index (χ0) is 15.1. The summed E-state index contributed by atoms with van der Waals surface area (Å²) in [7, 11) is 0. The topological polar surface area (TPSA) is 41.6 Å². The summed E-state index contributed by atoms with van der Waals surface area (Å²) in [6.07, 6.45) is 0. The molecule has 0 bridgehead atoms. The van der Waals surface area contributed by atoms with Crippen molar-refractivity contribution in [3.05, 3.63) is 38.5 Å². The molecule has 0 aliphatic rings. The van der Waals surface area contributed by atoms with Crippen molar-refractivity contribution >= 4 is 45.6 Å². The third-order valence-electron chi connectivity index (χ3n) is 3.23. The zero-order valence-electron chi connectivity index (χ0n) is 11.4. The zero-order valence-corrected chi connectivity index (χ0v) is 13.7. The van der Waals surface area contributed by atoms with Gasteiger partial charge >= 0.3 is 0 Å². The van der Waals surface area contributed by atoms with Gasteiger partial charge in [-0.15, -0.1) is 11.3 Å². The van der Waals surface area contributed by atoms with Gasteiger partial charge in [-0.05, 0) is 38.1 Å². The number of thiophene rings is 1. The van der Waals surface area contributed by atoms with Gasteiger partial charge in [0.15, 0.2) is 0 Å². The molecule has 0 atom stereocenters. The molecule has 2 heterocycles. The first-order valence-electron chi connectivity index (χ1n) is 6.38. The van der Waals surface area contributed by atoms with Gasteiger partial charge in [-0.25, -0.2) is 4.98 Å². The van der Waals surface area contributed by atoms with Crippen LogP contribution in [0.4, 0.5) is 0 Å². The quantitative estimate of drug-likeness (QED) is 0.618. The highest BCUT2D eigenvalue weighted by Crippen LogP contribution is 2.39. The minimum absolute atomic E-state index is 0.215. The summed E-state index contributed by atoms with van der Waals surface area (Å²) in [6.45, 7) is 4.18. The molecule has 1 aromatic carbocycles. The number of nitrogens with zero attached hydrogens (tertiary/aromatic N) is 3. The number of aromatic nitrogens is 2. The number of halogens is 2. The van der Waals surface area contributed by atoms with Crippen molar-refractivity contribution in [2.45, 2.75) is 19.9 Å². The predicted octanol–water partition coefficient (Wildman–Crippen LogP) is 5.52. The summed E-state index contributed by atoms with van der Waals surface area (Å²) >= 11 is 13.6. The maximum atomic E-state index is 9.03. The van der Waals surface area contributed by atoms with Crippen LogP contribution in [0.5, 0.6) is 0 Å². The number of hydrogen-bond donors (Lipinski definition) is 0. The van der Waals surface area contributed by atoms with E-state index in [0.717, 1.165) is 22.4 Å². The van der Waals surface area contributed by atoms with E-state index in [-0.39, 0.29) is 6.04 Å². The van der Waals surface area contributed by atoms with Crippen LogP contribution in [-0.2, 0) is 0 Å². The number of hydrogen-bond acceptors (Lipinski definition) is 3. The number of nitriles is 1. The average molecular weight is 336 g/mol. The van der Waals surface area contributed by atoms with Crippen molar-refractivity contribution < 1.29 is 0 Å². The van der Waals surface area contributed by atoms with Crippen molar-refractivity contribution in [3.63, 3.8) is 0 Å². The van der Waals surface area contributed by atoms with E-state index in [2.05, 4.69) is 29.5 Å². The molecule has 0 radical (unpaired) electrons. The summed E-state index contributed by atoms with van der Waals surface area (Å²) in [5, 5.41) is 9.03. The smallest absolute Gasteiger partial charge is 0.143 e. The second-order valence-electron chi connectivity index (χ2n) is 4.95. The Hall–Kier alpha value is -1.54. The highest BCUT2D eigenvalue weighted by Gasteiger charge is 2.19. The van der Waals surface area contributed by atoms with Crippen molar-refractivity contribution in [2.24, 2.45) is 0 Å². The Morgan fingerprint density at radius 1 is 1.29 bits per heavy atom. The Morgan fingerprint density at radius 3 is 2.62 bits per heavy atom. The lowest BCUT2D eigenvalue weighted by Gasteiger charge is -2.12. The van der Waals surface area contributed by atoms with E-state index >= 15 is 0 Å². The van der Waals surface area contributed by atoms with Crippen LogP contribution in [0.3, 0.4) is 0 Å². The largest absolute Gasteiger partial charge is 0.321 e. The normalized spacial score (nSPS) is 11.2. The fourth-order valence-electron chi connectivity index (χ4n) is 2.37. The van der Waals surface area contributed by atoms with Gasteiger partial charge in [0.1, 0.15) is 10.2 Å². The summed E-state index contributed by atoms with van der Waals surface area (Å²) in [5.41, 5.74) is 3.19. The van der Waals surface area contributed by atoms with Crippen LogP contribution in [0.2, 0.25) is 8.67 Å². The molecular weight excluding hydrogens is 325 g/mol. The molecule has 2 aromatic heterocycles. The molecule has 3 nitrogen and oxygen atoms in total. The lowest BCUT2D eigenvalue weighted by Crippen LogP contribution is -2.02. The van der Waals surface area contributed by atoms with E-state index in [9.17, 15) is 0 Å². The lowest BCUT2D eigenvalue weighted by atomic mass is 10.2. The second-order valence-corrected chi connectivity index (χ2v) is 7.24. The number of fused-ring (bicyclic) bond motifs is 1. The molecule has 0 aliphatic heterocycles. The minimum atomic E-state index is 0.215. The van der Waals surface area contributed by atoms with Crippen molar-refractivity contribution in [1.29, 1.82) is 5.26 Å². The van der Waals surface area contributed by atoms with E-state index in [1.807, 2.05) is 12.1 Å². The summed E-state index contributed by atoms with van der Waals surface area (Å²) < 4.78 is 3.37. The number of rotatable bonds is 2. The summed E-state index contributed by atoms with van der Waals surface area (Å²) in [4.78, 5) is 4.66. The Kier molecular flexibility index (Phi) is 3.66. The van der Waals surface area contributed by atoms with Crippen molar-refractivity contribution in [1.82, 2.24) is 9.55 Å². The predicted molar refractivity (Wildman–Crippen MR) is 88.2 cm³/mol. The van der Waals surface area contributed by atoms with E-state index in [1.54, 1.807) is 12.1 Å². The van der Waals surface area contributed by atoms with Crippen molar-refractivity contribution in [3.8, 4) is 17.5 Å². The van der Waals surface area contributed by atoms with Crippen molar-refractivity contribution in [2.75, 3.05) is 0 Å². The first kappa shape index (κ1) is 14.4. The van der Waals surface area contributed by atoms with E-state index in [1.165, 1.54) is 11.3 Å². The fraction of sp³-hybridized carbons (Fsp3) is 0.200. The molecule has 0 aliphatic carbocycles. The standard InChI is InChI=1S/C15H11Cl2N3S/c1-8(2)20-12-4-3-9(7-18)5-11(12)19-15(20)10-6-13(16)21-14(10)17/h3-6,8H,1-2H3.